The first-order valence-electron chi connectivity index (χ1n) is 7.12. The van der Waals surface area contributed by atoms with Crippen LogP contribution in [0, 0.1) is 0 Å². The Labute approximate surface area is 116 Å². The molecule has 2 aromatic heterocycles. The van der Waals surface area contributed by atoms with E-state index in [9.17, 15) is 4.79 Å². The number of rotatable bonds is 2. The van der Waals surface area contributed by atoms with Crippen LogP contribution in [0.2, 0.25) is 0 Å². The fraction of sp³-hybridized carbons (Fsp3) is 0.571. The Morgan fingerprint density at radius 2 is 1.95 bits per heavy atom. The lowest BCUT2D eigenvalue weighted by Gasteiger charge is -2.21. The molecule has 3 rings (SSSR count). The molecule has 1 aliphatic rings. The minimum Gasteiger partial charge on any atom is -0.330 e. The van der Waals surface area contributed by atoms with Crippen LogP contribution in [0.25, 0.3) is 4.96 Å². The Morgan fingerprint density at radius 1 is 1.21 bits per heavy atom. The van der Waals surface area contributed by atoms with Crippen LogP contribution < -0.4 is 10.5 Å². The van der Waals surface area contributed by atoms with Crippen molar-refractivity contribution in [2.75, 3.05) is 13.1 Å². The summed E-state index contributed by atoms with van der Waals surface area (Å²) in [4.78, 5) is 18.9. The predicted molar refractivity (Wildman–Crippen MR) is 76.8 cm³/mol. The van der Waals surface area contributed by atoms with Gasteiger partial charge in [-0.1, -0.05) is 6.42 Å². The number of likely N-dealkylation sites (tertiary alicyclic amines) is 1. The molecule has 4 nitrogen and oxygen atoms in total. The molecular weight excluding hydrogens is 258 g/mol. The summed E-state index contributed by atoms with van der Waals surface area (Å²) in [6.07, 6.45) is 8.48. The predicted octanol–water partition coefficient (Wildman–Crippen LogP) is 1.10. The lowest BCUT2D eigenvalue weighted by molar-refractivity contribution is -0.915. The van der Waals surface area contributed by atoms with Crippen molar-refractivity contribution in [1.29, 1.82) is 0 Å². The summed E-state index contributed by atoms with van der Waals surface area (Å²) in [5.74, 6) is 0. The molecule has 1 aliphatic heterocycles. The molecule has 0 atom stereocenters. The lowest BCUT2D eigenvalue weighted by Crippen LogP contribution is -3.10. The molecule has 0 aliphatic carbocycles. The van der Waals surface area contributed by atoms with Crippen LogP contribution in [0.4, 0.5) is 0 Å². The minimum atomic E-state index is 0.0488. The van der Waals surface area contributed by atoms with E-state index in [1.54, 1.807) is 21.6 Å². The van der Waals surface area contributed by atoms with E-state index in [2.05, 4.69) is 4.98 Å². The van der Waals surface area contributed by atoms with Gasteiger partial charge in [-0.3, -0.25) is 9.20 Å². The zero-order valence-corrected chi connectivity index (χ0v) is 11.9. The molecule has 0 aromatic carbocycles. The molecule has 0 amide bonds. The molecule has 1 N–H and O–H groups in total. The molecule has 0 radical (unpaired) electrons. The number of hydrogen-bond donors (Lipinski definition) is 1. The van der Waals surface area contributed by atoms with E-state index >= 15 is 0 Å². The Kier molecular flexibility index (Phi) is 3.94. The number of hydrogen-bond acceptors (Lipinski definition) is 3. The van der Waals surface area contributed by atoms with E-state index in [4.69, 9.17) is 0 Å². The molecule has 1 fully saturated rings. The monoisotopic (exact) mass is 278 g/mol. The molecule has 0 spiro atoms. The highest BCUT2D eigenvalue weighted by atomic mass is 32.1. The van der Waals surface area contributed by atoms with Crippen molar-refractivity contribution in [3.8, 4) is 0 Å². The normalized spacial score (nSPS) is 18.3. The van der Waals surface area contributed by atoms with E-state index in [1.165, 1.54) is 56.5 Å². The van der Waals surface area contributed by atoms with Gasteiger partial charge >= 0.3 is 0 Å². The molecule has 0 bridgehead atoms. The average molecular weight is 278 g/mol. The van der Waals surface area contributed by atoms with Crippen LogP contribution in [0.5, 0.6) is 0 Å². The SMILES string of the molecule is O=c1cc(C[NH+]2CCCCCCC2)nc2sccn12. The molecule has 102 valence electrons. The first kappa shape index (κ1) is 12.8. The second kappa shape index (κ2) is 5.84. The summed E-state index contributed by atoms with van der Waals surface area (Å²) in [7, 11) is 0. The molecule has 0 unspecified atom stereocenters. The number of thiazole rings is 1. The summed E-state index contributed by atoms with van der Waals surface area (Å²) in [5.41, 5.74) is 0.996. The van der Waals surface area contributed by atoms with Gasteiger partial charge in [0.2, 0.25) is 0 Å². The number of quaternary nitrogens is 1. The zero-order chi connectivity index (χ0) is 13.1. The quantitative estimate of drug-likeness (QED) is 0.893. The number of fused-ring (bicyclic) bond motifs is 1. The third kappa shape index (κ3) is 3.04. The van der Waals surface area contributed by atoms with Gasteiger partial charge in [-0.15, -0.1) is 11.3 Å². The summed E-state index contributed by atoms with van der Waals surface area (Å²) < 4.78 is 1.62. The van der Waals surface area contributed by atoms with Crippen LogP contribution in [-0.4, -0.2) is 22.5 Å². The van der Waals surface area contributed by atoms with Gasteiger partial charge in [-0.05, 0) is 25.7 Å². The van der Waals surface area contributed by atoms with E-state index in [0.717, 1.165) is 17.2 Å². The standard InChI is InChI=1S/C14H19N3OS/c18-13-10-12(15-14-17(13)8-9-19-14)11-16-6-4-2-1-3-5-7-16/h8-10H,1-7,11H2/p+1. The summed E-state index contributed by atoms with van der Waals surface area (Å²) in [5, 5.41) is 1.91. The molecule has 2 aromatic rings. The van der Waals surface area contributed by atoms with Gasteiger partial charge in [0.1, 0.15) is 12.2 Å². The first-order valence-corrected chi connectivity index (χ1v) is 8.00. The Morgan fingerprint density at radius 3 is 2.74 bits per heavy atom. The van der Waals surface area contributed by atoms with Crippen LogP contribution in [0.1, 0.15) is 37.8 Å². The lowest BCUT2D eigenvalue weighted by atomic mass is 10.1. The highest BCUT2D eigenvalue weighted by Gasteiger charge is 2.14. The van der Waals surface area contributed by atoms with Crippen LogP contribution in [0.15, 0.2) is 22.4 Å². The molecule has 5 heteroatoms. The van der Waals surface area contributed by atoms with Crippen molar-refractivity contribution in [3.05, 3.63) is 33.7 Å². The van der Waals surface area contributed by atoms with E-state index < -0.39 is 0 Å². The van der Waals surface area contributed by atoms with Gasteiger partial charge in [0.25, 0.3) is 5.56 Å². The maximum absolute atomic E-state index is 11.9. The molecule has 3 heterocycles. The summed E-state index contributed by atoms with van der Waals surface area (Å²) in [6, 6.07) is 1.70. The number of aromatic nitrogens is 2. The second-order valence-corrected chi connectivity index (χ2v) is 6.21. The highest BCUT2D eigenvalue weighted by molar-refractivity contribution is 7.15. The van der Waals surface area contributed by atoms with Gasteiger partial charge in [0.15, 0.2) is 4.96 Å². The highest BCUT2D eigenvalue weighted by Crippen LogP contribution is 2.06. The van der Waals surface area contributed by atoms with Crippen molar-refractivity contribution in [2.45, 2.75) is 38.6 Å². The van der Waals surface area contributed by atoms with Crippen molar-refractivity contribution in [2.24, 2.45) is 0 Å². The van der Waals surface area contributed by atoms with Gasteiger partial charge < -0.3 is 4.90 Å². The van der Waals surface area contributed by atoms with Crippen LogP contribution in [0.3, 0.4) is 0 Å². The first-order chi connectivity index (χ1) is 9.33. The smallest absolute Gasteiger partial charge is 0.258 e. The summed E-state index contributed by atoms with van der Waals surface area (Å²) in [6.45, 7) is 3.32. The van der Waals surface area contributed by atoms with Gasteiger partial charge in [0, 0.05) is 17.6 Å². The Balaban J connectivity index is 1.77. The van der Waals surface area contributed by atoms with E-state index in [1.807, 2.05) is 5.38 Å². The van der Waals surface area contributed by atoms with Crippen molar-refractivity contribution < 1.29 is 4.90 Å². The van der Waals surface area contributed by atoms with Crippen LogP contribution >= 0.6 is 11.3 Å². The van der Waals surface area contributed by atoms with Gasteiger partial charge in [-0.2, -0.15) is 0 Å². The van der Waals surface area contributed by atoms with Gasteiger partial charge in [-0.25, -0.2) is 4.98 Å². The zero-order valence-electron chi connectivity index (χ0n) is 11.1. The largest absolute Gasteiger partial charge is 0.330 e. The Bertz CT molecular complexity index is 596. The maximum atomic E-state index is 11.9. The molecule has 19 heavy (non-hydrogen) atoms. The second-order valence-electron chi connectivity index (χ2n) is 5.34. The average Bonchev–Trinajstić information content (AvgIpc) is 2.81. The van der Waals surface area contributed by atoms with Gasteiger partial charge in [0.05, 0.1) is 13.1 Å². The molecule has 0 saturated carbocycles. The maximum Gasteiger partial charge on any atom is 0.258 e. The number of nitrogens with one attached hydrogen (secondary N) is 1. The third-order valence-corrected chi connectivity index (χ3v) is 4.60. The number of nitrogens with zero attached hydrogens (tertiary/aromatic N) is 2. The fourth-order valence-corrected chi connectivity index (χ4v) is 3.56. The fourth-order valence-electron chi connectivity index (χ4n) is 2.82. The Hall–Kier alpha value is -1.20. The van der Waals surface area contributed by atoms with Crippen molar-refractivity contribution in [1.82, 2.24) is 9.38 Å². The minimum absolute atomic E-state index is 0.0488. The van der Waals surface area contributed by atoms with E-state index in [0.29, 0.717) is 0 Å². The van der Waals surface area contributed by atoms with Crippen molar-refractivity contribution >= 4 is 16.3 Å². The summed E-state index contributed by atoms with van der Waals surface area (Å²) >= 11 is 1.53. The molecular formula is C14H20N3OS+. The van der Waals surface area contributed by atoms with E-state index in [-0.39, 0.29) is 5.56 Å². The molecule has 1 saturated heterocycles. The third-order valence-electron chi connectivity index (χ3n) is 3.85. The van der Waals surface area contributed by atoms with Crippen molar-refractivity contribution in [3.63, 3.8) is 0 Å². The van der Waals surface area contributed by atoms with Crippen LogP contribution in [-0.2, 0) is 6.54 Å². The topological polar surface area (TPSA) is 38.8 Å².